The summed E-state index contributed by atoms with van der Waals surface area (Å²) in [6.07, 6.45) is 1.90. The fourth-order valence-corrected chi connectivity index (χ4v) is 5.81. The normalized spacial score (nSPS) is 15.7. The van der Waals surface area contributed by atoms with Crippen LogP contribution >= 0.6 is 11.8 Å². The molecule has 1 fully saturated rings. The minimum absolute atomic E-state index is 0.00802. The molecule has 8 nitrogen and oxygen atoms in total. The molecule has 1 aromatic heterocycles. The van der Waals surface area contributed by atoms with Gasteiger partial charge in [-0.05, 0) is 48.9 Å². The van der Waals surface area contributed by atoms with Gasteiger partial charge in [-0.15, -0.1) is 0 Å². The second-order valence-corrected chi connectivity index (χ2v) is 10.8. The van der Waals surface area contributed by atoms with Gasteiger partial charge in [0.25, 0.3) is 5.91 Å². The number of benzene rings is 3. The maximum Gasteiger partial charge on any atom is 0.344 e. The Balaban J connectivity index is 1.23. The van der Waals surface area contributed by atoms with Gasteiger partial charge in [0.2, 0.25) is 5.91 Å². The second-order valence-electron chi connectivity index (χ2n) is 9.79. The van der Waals surface area contributed by atoms with Gasteiger partial charge in [-0.1, -0.05) is 48.5 Å². The van der Waals surface area contributed by atoms with E-state index in [-0.39, 0.29) is 18.6 Å². The molecule has 5 rings (SSSR count). The number of ether oxygens (including phenoxy) is 2. The highest BCUT2D eigenvalue weighted by atomic mass is 32.2. The molecular weight excluding hydrogens is 528 g/mol. The van der Waals surface area contributed by atoms with Gasteiger partial charge in [0.05, 0.1) is 11.5 Å². The van der Waals surface area contributed by atoms with Gasteiger partial charge in [0.1, 0.15) is 17.4 Å². The van der Waals surface area contributed by atoms with Gasteiger partial charge in [0, 0.05) is 35.6 Å². The lowest BCUT2D eigenvalue weighted by Gasteiger charge is -2.20. The van der Waals surface area contributed by atoms with Crippen molar-refractivity contribution in [3.63, 3.8) is 0 Å². The lowest BCUT2D eigenvalue weighted by molar-refractivity contribution is -0.129. The fourth-order valence-electron chi connectivity index (χ4n) is 4.79. The largest absolute Gasteiger partial charge is 0.483 e. The van der Waals surface area contributed by atoms with Crippen LogP contribution < -0.4 is 21.0 Å². The first-order valence-electron chi connectivity index (χ1n) is 13.4. The van der Waals surface area contributed by atoms with E-state index >= 15 is 0 Å². The third kappa shape index (κ3) is 6.66. The summed E-state index contributed by atoms with van der Waals surface area (Å²) in [5.74, 6) is 0.889. The highest BCUT2D eigenvalue weighted by molar-refractivity contribution is 7.98. The van der Waals surface area contributed by atoms with Crippen molar-refractivity contribution in [2.24, 2.45) is 0 Å². The Morgan fingerprint density at radius 3 is 2.58 bits per heavy atom. The van der Waals surface area contributed by atoms with Crippen molar-refractivity contribution < 1.29 is 23.5 Å². The first-order chi connectivity index (χ1) is 19.5. The first-order valence-corrected chi connectivity index (χ1v) is 14.5. The molecule has 1 aliphatic heterocycles. The molecule has 2 amide bonds. The van der Waals surface area contributed by atoms with Crippen molar-refractivity contribution in [2.45, 2.75) is 37.7 Å². The lowest BCUT2D eigenvalue weighted by atomic mass is 10.0. The van der Waals surface area contributed by atoms with Crippen LogP contribution in [0.1, 0.15) is 24.0 Å². The number of hydrogen-bond acceptors (Lipinski definition) is 7. The predicted octanol–water partition coefficient (Wildman–Crippen LogP) is 4.35. The number of carbonyl (C=O) groups is 2. The smallest absolute Gasteiger partial charge is 0.344 e. The monoisotopic (exact) mass is 560 g/mol. The third-order valence-electron chi connectivity index (χ3n) is 6.92. The van der Waals surface area contributed by atoms with Gasteiger partial charge in [-0.25, -0.2) is 4.79 Å². The van der Waals surface area contributed by atoms with E-state index in [1.807, 2.05) is 48.5 Å². The van der Waals surface area contributed by atoms with E-state index in [0.29, 0.717) is 41.2 Å². The molecule has 1 unspecified atom stereocenters. The van der Waals surface area contributed by atoms with Gasteiger partial charge in [-0.2, -0.15) is 11.8 Å². The number of hydrogen-bond donors (Lipinski definition) is 2. The summed E-state index contributed by atoms with van der Waals surface area (Å²) >= 11 is 1.57. The zero-order valence-corrected chi connectivity index (χ0v) is 23.1. The Morgan fingerprint density at radius 2 is 1.80 bits per heavy atom. The predicted molar refractivity (Wildman–Crippen MR) is 157 cm³/mol. The number of rotatable bonds is 11. The second kappa shape index (κ2) is 13.0. The van der Waals surface area contributed by atoms with E-state index < -0.39 is 17.6 Å². The summed E-state index contributed by atoms with van der Waals surface area (Å²) in [7, 11) is 0. The first kappa shape index (κ1) is 27.7. The molecular formula is C31H32N2O6S. The van der Waals surface area contributed by atoms with Crippen LogP contribution in [-0.4, -0.2) is 49.5 Å². The molecule has 4 aromatic rings. The van der Waals surface area contributed by atoms with Crippen LogP contribution in [0.2, 0.25) is 0 Å². The zero-order valence-electron chi connectivity index (χ0n) is 22.3. The Hall–Kier alpha value is -3.82. The summed E-state index contributed by atoms with van der Waals surface area (Å²) in [4.78, 5) is 38.4. The summed E-state index contributed by atoms with van der Waals surface area (Å²) in [5, 5.41) is 7.86. The molecule has 9 heteroatoms. The minimum Gasteiger partial charge on any atom is -0.483 e. The molecule has 0 aliphatic carbocycles. The fraction of sp³-hybridized carbons (Fsp3) is 0.323. The van der Waals surface area contributed by atoms with Crippen molar-refractivity contribution in [1.82, 2.24) is 10.6 Å². The maximum atomic E-state index is 13.0. The number of thioether (sulfide) groups is 1. The Kier molecular flexibility index (Phi) is 9.03. The van der Waals surface area contributed by atoms with Crippen molar-refractivity contribution >= 4 is 45.3 Å². The average Bonchev–Trinajstić information content (AvgIpc) is 3.50. The van der Waals surface area contributed by atoms with Gasteiger partial charge in [-0.3, -0.25) is 9.59 Å². The quantitative estimate of drug-likeness (QED) is 0.208. The number of fused-ring (bicyclic) bond motifs is 3. The Labute approximate surface area is 236 Å². The van der Waals surface area contributed by atoms with E-state index in [4.69, 9.17) is 13.9 Å². The Bertz CT molecular complexity index is 1550. The van der Waals surface area contributed by atoms with Crippen LogP contribution in [0.4, 0.5) is 0 Å². The van der Waals surface area contributed by atoms with Crippen LogP contribution in [0.25, 0.3) is 21.7 Å². The minimum atomic E-state index is -0.728. The maximum absolute atomic E-state index is 13.0. The molecule has 0 bridgehead atoms. The van der Waals surface area contributed by atoms with Gasteiger partial charge < -0.3 is 24.5 Å². The molecule has 1 saturated heterocycles. The van der Waals surface area contributed by atoms with Crippen molar-refractivity contribution in [1.29, 1.82) is 0 Å². The topological polar surface area (TPSA) is 107 Å². The molecule has 2 heterocycles. The van der Waals surface area contributed by atoms with Gasteiger partial charge >= 0.3 is 5.63 Å². The molecule has 2 N–H and O–H groups in total. The van der Waals surface area contributed by atoms with Crippen LogP contribution in [0, 0.1) is 6.92 Å². The highest BCUT2D eigenvalue weighted by Crippen LogP contribution is 2.30. The SMILES string of the molecule is Cc1c(OCC(=O)N[C@@H](CSCc2ccccc2)C(=O)NCC2CCCO2)ccc2c1oc(=O)c1ccccc12. The molecule has 208 valence electrons. The van der Waals surface area contributed by atoms with E-state index in [9.17, 15) is 14.4 Å². The number of nitrogens with one attached hydrogen (secondary N) is 2. The molecule has 2 atom stereocenters. The van der Waals surface area contributed by atoms with Crippen LogP contribution in [-0.2, 0) is 20.1 Å². The van der Waals surface area contributed by atoms with Crippen LogP contribution in [0.15, 0.2) is 75.9 Å². The van der Waals surface area contributed by atoms with E-state index in [1.54, 1.807) is 36.9 Å². The number of carbonyl (C=O) groups excluding carboxylic acids is 2. The molecule has 0 spiro atoms. The molecule has 1 aliphatic rings. The number of amides is 2. The molecule has 0 radical (unpaired) electrons. The van der Waals surface area contributed by atoms with Crippen LogP contribution in [0.3, 0.4) is 0 Å². The van der Waals surface area contributed by atoms with Crippen molar-refractivity contribution in [3.05, 3.63) is 88.3 Å². The Morgan fingerprint density at radius 1 is 1.02 bits per heavy atom. The average molecular weight is 561 g/mol. The van der Waals surface area contributed by atoms with E-state index in [0.717, 1.165) is 34.9 Å². The van der Waals surface area contributed by atoms with Crippen molar-refractivity contribution in [3.8, 4) is 5.75 Å². The third-order valence-corrected chi connectivity index (χ3v) is 8.03. The number of aryl methyl sites for hydroxylation is 1. The summed E-state index contributed by atoms with van der Waals surface area (Å²) in [5.41, 5.74) is 1.76. The summed E-state index contributed by atoms with van der Waals surface area (Å²) in [6, 6.07) is 20.1. The lowest BCUT2D eigenvalue weighted by Crippen LogP contribution is -2.50. The highest BCUT2D eigenvalue weighted by Gasteiger charge is 2.24. The molecule has 40 heavy (non-hydrogen) atoms. The van der Waals surface area contributed by atoms with Crippen molar-refractivity contribution in [2.75, 3.05) is 25.5 Å². The van der Waals surface area contributed by atoms with Gasteiger partial charge in [0.15, 0.2) is 6.61 Å². The molecule has 0 saturated carbocycles. The summed E-state index contributed by atoms with van der Waals surface area (Å²) in [6.45, 7) is 2.62. The van der Waals surface area contributed by atoms with E-state index in [1.165, 1.54) is 0 Å². The zero-order chi connectivity index (χ0) is 27.9. The summed E-state index contributed by atoms with van der Waals surface area (Å²) < 4.78 is 17.0. The van der Waals surface area contributed by atoms with E-state index in [2.05, 4.69) is 10.6 Å². The standard InChI is InChI=1S/C31H32N2O6S/c1-20-27(14-13-24-23-11-5-6-12-25(23)31(36)39-29(20)24)38-17-28(34)33-26(19-40-18-21-8-3-2-4-9-21)30(35)32-16-22-10-7-15-37-22/h2-6,8-9,11-14,22,26H,7,10,15-19H2,1H3,(H,32,35)(H,33,34)/t22?,26-/m0/s1. The van der Waals surface area contributed by atoms with Crippen LogP contribution in [0.5, 0.6) is 5.75 Å². The molecule has 3 aromatic carbocycles.